The van der Waals surface area contributed by atoms with Gasteiger partial charge in [0.1, 0.15) is 12.4 Å². The second-order valence-corrected chi connectivity index (χ2v) is 5.84. The van der Waals surface area contributed by atoms with Gasteiger partial charge < -0.3 is 10.0 Å². The molecule has 1 fully saturated rings. The number of aliphatic carboxylic acids is 1. The highest BCUT2D eigenvalue weighted by molar-refractivity contribution is 5.81. The van der Waals surface area contributed by atoms with Crippen LogP contribution in [0.1, 0.15) is 26.7 Å². The summed E-state index contributed by atoms with van der Waals surface area (Å²) in [5, 5.41) is 17.5. The Bertz CT molecular complexity index is 651. The van der Waals surface area contributed by atoms with Crippen LogP contribution in [-0.4, -0.2) is 43.2 Å². The lowest BCUT2D eigenvalue weighted by Gasteiger charge is -2.44. The van der Waals surface area contributed by atoms with Crippen LogP contribution in [0.15, 0.2) is 18.7 Å². The summed E-state index contributed by atoms with van der Waals surface area (Å²) in [5.74, 6) is -0.233. The number of carbonyl (C=O) groups is 1. The van der Waals surface area contributed by atoms with E-state index in [1.807, 2.05) is 18.7 Å². The molecule has 106 valence electrons. The minimum Gasteiger partial charge on any atom is -0.480 e. The summed E-state index contributed by atoms with van der Waals surface area (Å²) in [7, 11) is 0. The summed E-state index contributed by atoms with van der Waals surface area (Å²) >= 11 is 0. The van der Waals surface area contributed by atoms with Gasteiger partial charge in [-0.3, -0.25) is 4.40 Å². The second kappa shape index (κ2) is 4.43. The van der Waals surface area contributed by atoms with Gasteiger partial charge in [-0.25, -0.2) is 9.78 Å². The summed E-state index contributed by atoms with van der Waals surface area (Å²) in [4.78, 5) is 17.9. The van der Waals surface area contributed by atoms with Gasteiger partial charge in [0.15, 0.2) is 5.82 Å². The molecule has 1 aliphatic heterocycles. The van der Waals surface area contributed by atoms with E-state index >= 15 is 0 Å². The van der Waals surface area contributed by atoms with Crippen LogP contribution in [0, 0.1) is 5.41 Å². The molecule has 1 aliphatic rings. The van der Waals surface area contributed by atoms with Crippen LogP contribution in [0.25, 0.3) is 5.65 Å². The van der Waals surface area contributed by atoms with E-state index in [1.54, 1.807) is 23.1 Å². The Labute approximate surface area is 116 Å². The highest BCUT2D eigenvalue weighted by Crippen LogP contribution is 2.37. The molecule has 20 heavy (non-hydrogen) atoms. The van der Waals surface area contributed by atoms with Crippen LogP contribution < -0.4 is 4.90 Å². The summed E-state index contributed by atoms with van der Waals surface area (Å²) in [6.07, 6.45) is 6.81. The van der Waals surface area contributed by atoms with Gasteiger partial charge in [0, 0.05) is 18.9 Å². The Hall–Kier alpha value is -2.18. The third-order valence-corrected chi connectivity index (χ3v) is 3.98. The molecule has 1 unspecified atom stereocenters. The number of carboxylic acids is 1. The van der Waals surface area contributed by atoms with Crippen LogP contribution in [-0.2, 0) is 4.79 Å². The average molecular weight is 275 g/mol. The van der Waals surface area contributed by atoms with Crippen molar-refractivity contribution in [3.05, 3.63) is 18.7 Å². The van der Waals surface area contributed by atoms with Gasteiger partial charge in [0.2, 0.25) is 5.65 Å². The first kappa shape index (κ1) is 12.8. The predicted octanol–water partition coefficient (Wildman–Crippen LogP) is 1.20. The van der Waals surface area contributed by atoms with Crippen LogP contribution in [0.4, 0.5) is 5.82 Å². The maximum Gasteiger partial charge on any atom is 0.326 e. The van der Waals surface area contributed by atoms with E-state index in [1.165, 1.54) is 0 Å². The normalized spacial score (nSPS) is 22.1. The molecule has 0 aromatic carbocycles. The van der Waals surface area contributed by atoms with E-state index in [9.17, 15) is 9.90 Å². The lowest BCUT2D eigenvalue weighted by molar-refractivity contribution is -0.142. The topological polar surface area (TPSA) is 83.6 Å². The zero-order valence-corrected chi connectivity index (χ0v) is 11.5. The first-order chi connectivity index (χ1) is 9.50. The summed E-state index contributed by atoms with van der Waals surface area (Å²) in [5.41, 5.74) is 0.287. The van der Waals surface area contributed by atoms with Crippen molar-refractivity contribution in [3.8, 4) is 0 Å². The number of rotatable bonds is 2. The Kier molecular flexibility index (Phi) is 2.84. The highest BCUT2D eigenvalue weighted by atomic mass is 16.4. The molecule has 7 heteroatoms. The Morgan fingerprint density at radius 1 is 1.50 bits per heavy atom. The molecule has 0 saturated carbocycles. The molecule has 1 saturated heterocycles. The average Bonchev–Trinajstić information content (AvgIpc) is 2.84. The Balaban J connectivity index is 2.11. The van der Waals surface area contributed by atoms with Gasteiger partial charge in [-0.2, -0.15) is 0 Å². The van der Waals surface area contributed by atoms with Gasteiger partial charge in [0.05, 0.1) is 0 Å². The number of hydrogen-bond donors (Lipinski definition) is 1. The SMILES string of the molecule is CC1(C)CCCN(c2nccn3cnnc23)C1C(=O)O. The minimum atomic E-state index is -0.821. The van der Waals surface area contributed by atoms with Crippen molar-refractivity contribution in [1.82, 2.24) is 19.6 Å². The maximum absolute atomic E-state index is 11.7. The summed E-state index contributed by atoms with van der Waals surface area (Å²) < 4.78 is 1.75. The fraction of sp³-hybridized carbons (Fsp3) is 0.538. The van der Waals surface area contributed by atoms with Crippen molar-refractivity contribution >= 4 is 17.4 Å². The maximum atomic E-state index is 11.7. The molecule has 0 aliphatic carbocycles. The third kappa shape index (κ3) is 1.90. The standard InChI is InChI=1S/C13H17N5O2/c1-13(2)4-3-6-18(9(13)12(19)20)10-11-16-15-8-17(11)7-5-14-10/h5,7-9H,3-4,6H2,1-2H3,(H,19,20). The number of fused-ring (bicyclic) bond motifs is 1. The number of carboxylic acid groups (broad SMARTS) is 1. The molecule has 0 spiro atoms. The Morgan fingerprint density at radius 3 is 3.05 bits per heavy atom. The van der Waals surface area contributed by atoms with E-state index < -0.39 is 12.0 Å². The zero-order chi connectivity index (χ0) is 14.3. The number of nitrogens with zero attached hydrogens (tertiary/aromatic N) is 5. The van der Waals surface area contributed by atoms with Crippen molar-refractivity contribution in [1.29, 1.82) is 0 Å². The van der Waals surface area contributed by atoms with E-state index in [0.29, 0.717) is 18.0 Å². The predicted molar refractivity (Wildman–Crippen MR) is 72.6 cm³/mol. The van der Waals surface area contributed by atoms with E-state index in [-0.39, 0.29) is 5.41 Å². The van der Waals surface area contributed by atoms with Crippen molar-refractivity contribution in [2.75, 3.05) is 11.4 Å². The lowest BCUT2D eigenvalue weighted by atomic mass is 9.76. The van der Waals surface area contributed by atoms with Crippen molar-refractivity contribution < 1.29 is 9.90 Å². The molecular weight excluding hydrogens is 258 g/mol. The summed E-state index contributed by atoms with van der Waals surface area (Å²) in [6, 6.07) is -0.605. The summed E-state index contributed by atoms with van der Waals surface area (Å²) in [6.45, 7) is 4.64. The van der Waals surface area contributed by atoms with Crippen LogP contribution in [0.2, 0.25) is 0 Å². The zero-order valence-electron chi connectivity index (χ0n) is 11.5. The quantitative estimate of drug-likeness (QED) is 0.886. The molecule has 1 N–H and O–H groups in total. The van der Waals surface area contributed by atoms with E-state index in [2.05, 4.69) is 15.2 Å². The Morgan fingerprint density at radius 2 is 2.30 bits per heavy atom. The van der Waals surface area contributed by atoms with Gasteiger partial charge >= 0.3 is 5.97 Å². The van der Waals surface area contributed by atoms with Gasteiger partial charge in [-0.1, -0.05) is 13.8 Å². The van der Waals surface area contributed by atoms with Crippen LogP contribution >= 0.6 is 0 Å². The lowest BCUT2D eigenvalue weighted by Crippen LogP contribution is -2.54. The molecule has 2 aromatic heterocycles. The molecule has 0 radical (unpaired) electrons. The molecular formula is C13H17N5O2. The number of aromatic nitrogens is 4. The second-order valence-electron chi connectivity index (χ2n) is 5.84. The molecule has 0 amide bonds. The first-order valence-electron chi connectivity index (χ1n) is 6.64. The molecule has 1 atom stereocenters. The largest absolute Gasteiger partial charge is 0.480 e. The smallest absolute Gasteiger partial charge is 0.326 e. The van der Waals surface area contributed by atoms with Crippen molar-refractivity contribution in [2.24, 2.45) is 5.41 Å². The number of piperidine rings is 1. The van der Waals surface area contributed by atoms with E-state index in [0.717, 1.165) is 12.8 Å². The number of anilines is 1. The first-order valence-corrected chi connectivity index (χ1v) is 6.64. The molecule has 3 rings (SSSR count). The monoisotopic (exact) mass is 275 g/mol. The third-order valence-electron chi connectivity index (χ3n) is 3.98. The molecule has 0 bridgehead atoms. The highest BCUT2D eigenvalue weighted by Gasteiger charge is 2.43. The molecule has 3 heterocycles. The van der Waals surface area contributed by atoms with Crippen molar-refractivity contribution in [2.45, 2.75) is 32.7 Å². The van der Waals surface area contributed by atoms with Gasteiger partial charge in [0.25, 0.3) is 0 Å². The van der Waals surface area contributed by atoms with E-state index in [4.69, 9.17) is 0 Å². The molecule has 7 nitrogen and oxygen atoms in total. The van der Waals surface area contributed by atoms with Crippen LogP contribution in [0.5, 0.6) is 0 Å². The fourth-order valence-electron chi connectivity index (χ4n) is 3.04. The van der Waals surface area contributed by atoms with Gasteiger partial charge in [-0.05, 0) is 18.3 Å². The van der Waals surface area contributed by atoms with Gasteiger partial charge in [-0.15, -0.1) is 10.2 Å². The van der Waals surface area contributed by atoms with Crippen LogP contribution in [0.3, 0.4) is 0 Å². The molecule has 2 aromatic rings. The number of hydrogen-bond acceptors (Lipinski definition) is 5. The van der Waals surface area contributed by atoms with Crippen molar-refractivity contribution in [3.63, 3.8) is 0 Å². The fourth-order valence-corrected chi connectivity index (χ4v) is 3.04. The minimum absolute atomic E-state index is 0.307.